The number of halogens is 2. The highest BCUT2D eigenvalue weighted by Crippen LogP contribution is 2.46. The number of carbonyl (C=O) groups is 1. The van der Waals surface area contributed by atoms with Gasteiger partial charge in [-0.15, -0.1) is 5.10 Å². The second-order valence-electron chi connectivity index (χ2n) is 10.5. The van der Waals surface area contributed by atoms with Crippen molar-refractivity contribution in [2.75, 3.05) is 36.5 Å². The monoisotopic (exact) mass is 559 g/mol. The van der Waals surface area contributed by atoms with Crippen molar-refractivity contribution in [1.29, 1.82) is 0 Å². The number of ketones is 1. The number of hydrogen-bond acceptors (Lipinski definition) is 9. The van der Waals surface area contributed by atoms with Crippen LogP contribution in [-0.2, 0) is 16.0 Å². The summed E-state index contributed by atoms with van der Waals surface area (Å²) in [5, 5.41) is 16.0. The van der Waals surface area contributed by atoms with Crippen LogP contribution in [0.15, 0.2) is 70.2 Å². The second kappa shape index (κ2) is 10.2. The number of alkyl halides is 2. The Hall–Kier alpha value is -4.45. The van der Waals surface area contributed by atoms with Gasteiger partial charge in [0, 0.05) is 49.7 Å². The summed E-state index contributed by atoms with van der Waals surface area (Å²) in [6, 6.07) is 17.0. The first-order chi connectivity index (χ1) is 19.9. The minimum Gasteiger partial charge on any atom is -0.403 e. The quantitative estimate of drug-likeness (QED) is 0.375. The number of aromatic nitrogens is 4. The van der Waals surface area contributed by atoms with Crippen molar-refractivity contribution >= 4 is 23.3 Å². The average molecular weight is 560 g/mol. The van der Waals surface area contributed by atoms with Crippen LogP contribution in [0.3, 0.4) is 0 Å². The van der Waals surface area contributed by atoms with E-state index in [9.17, 15) is 13.6 Å². The summed E-state index contributed by atoms with van der Waals surface area (Å²) >= 11 is 0. The summed E-state index contributed by atoms with van der Waals surface area (Å²) < 4.78 is 40.2. The highest BCUT2D eigenvalue weighted by atomic mass is 19.3. The molecular weight excluding hydrogens is 532 g/mol. The number of hydrogen-bond donors (Lipinski definition) is 1. The van der Waals surface area contributed by atoms with Gasteiger partial charge in [-0.3, -0.25) is 14.5 Å². The number of nitrogens with zero attached hydrogens (tertiary/aromatic N) is 6. The maximum atomic E-state index is 13.6. The Morgan fingerprint density at radius 2 is 1.71 bits per heavy atom. The Balaban J connectivity index is 1.20. The number of anilines is 2. The Kier molecular flexibility index (Phi) is 6.34. The van der Waals surface area contributed by atoms with Crippen molar-refractivity contribution in [3.63, 3.8) is 0 Å². The molecule has 0 bridgehead atoms. The first-order valence-electron chi connectivity index (χ1n) is 13.6. The van der Waals surface area contributed by atoms with Gasteiger partial charge in [0.1, 0.15) is 5.56 Å². The van der Waals surface area contributed by atoms with E-state index in [1.165, 1.54) is 0 Å². The highest BCUT2D eigenvalue weighted by Gasteiger charge is 2.47. The SMILES string of the molecule is O=C1Cc2ccccc2C(c2ccccc2)=N[C@@H]1Nc1nnc(-c2cn(C3CC(F)(F)C3)nc2N2CCOCC2)o1. The van der Waals surface area contributed by atoms with E-state index in [1.54, 1.807) is 10.9 Å². The molecule has 2 aromatic carbocycles. The van der Waals surface area contributed by atoms with Crippen molar-refractivity contribution < 1.29 is 22.7 Å². The summed E-state index contributed by atoms with van der Waals surface area (Å²) in [5.74, 6) is -2.08. The fourth-order valence-corrected chi connectivity index (χ4v) is 5.45. The van der Waals surface area contributed by atoms with Crippen LogP contribution in [0.2, 0.25) is 0 Å². The number of morpholine rings is 1. The molecule has 10 nitrogen and oxygen atoms in total. The minimum absolute atomic E-state index is 0.0244. The third-order valence-corrected chi connectivity index (χ3v) is 7.63. The topological polar surface area (TPSA) is 111 Å². The van der Waals surface area contributed by atoms with E-state index in [1.807, 2.05) is 59.5 Å². The maximum Gasteiger partial charge on any atom is 0.317 e. The summed E-state index contributed by atoms with van der Waals surface area (Å²) in [6.07, 6.45) is 0.391. The van der Waals surface area contributed by atoms with Crippen LogP contribution in [0.25, 0.3) is 11.5 Å². The Labute approximate surface area is 234 Å². The fourth-order valence-electron chi connectivity index (χ4n) is 5.45. The number of ether oxygens (including phenoxy) is 1. The number of nitrogens with one attached hydrogen (secondary N) is 1. The first-order valence-corrected chi connectivity index (χ1v) is 13.6. The molecule has 3 aliphatic rings. The zero-order chi connectivity index (χ0) is 28.0. The van der Waals surface area contributed by atoms with Crippen LogP contribution in [0, 0.1) is 0 Å². The summed E-state index contributed by atoms with van der Waals surface area (Å²) in [4.78, 5) is 20.1. The molecule has 1 N–H and O–H groups in total. The standard InChI is InChI=1S/C29H27F2N7O3/c30-29(31)15-20(16-29)38-17-22(26(36-38)37-10-12-40-13-11-37)27-34-35-28(41-27)33-25-23(39)14-19-8-4-5-9-21(19)24(32-25)18-6-2-1-3-7-18/h1-9,17,20,25H,10-16H2,(H,33,35)/t25-/m1/s1. The van der Waals surface area contributed by atoms with E-state index >= 15 is 0 Å². The molecular formula is C29H27F2N7O3. The highest BCUT2D eigenvalue weighted by molar-refractivity contribution is 6.16. The van der Waals surface area contributed by atoms with Gasteiger partial charge in [-0.1, -0.05) is 59.7 Å². The number of benzene rings is 2. The zero-order valence-corrected chi connectivity index (χ0v) is 22.0. The van der Waals surface area contributed by atoms with Crippen LogP contribution in [0.1, 0.15) is 35.6 Å². The normalized spacial score (nSPS) is 20.6. The molecule has 2 fully saturated rings. The molecule has 2 aliphatic heterocycles. The largest absolute Gasteiger partial charge is 0.403 e. The predicted octanol–water partition coefficient (Wildman–Crippen LogP) is 4.14. The molecule has 1 aliphatic carbocycles. The lowest BCUT2D eigenvalue weighted by molar-refractivity contribution is -0.119. The molecule has 12 heteroatoms. The van der Waals surface area contributed by atoms with Crippen LogP contribution in [0.4, 0.5) is 20.6 Å². The molecule has 41 heavy (non-hydrogen) atoms. The third-order valence-electron chi connectivity index (χ3n) is 7.63. The minimum atomic E-state index is -2.68. The van der Waals surface area contributed by atoms with Crippen LogP contribution < -0.4 is 10.2 Å². The molecule has 0 amide bonds. The zero-order valence-electron chi connectivity index (χ0n) is 22.0. The molecule has 1 saturated heterocycles. The van der Waals surface area contributed by atoms with Crippen LogP contribution in [-0.4, -0.2) is 69.9 Å². The van der Waals surface area contributed by atoms with Gasteiger partial charge in [0.15, 0.2) is 17.8 Å². The van der Waals surface area contributed by atoms with E-state index in [0.29, 0.717) is 43.4 Å². The van der Waals surface area contributed by atoms with Gasteiger partial charge in [-0.25, -0.2) is 8.78 Å². The van der Waals surface area contributed by atoms with Gasteiger partial charge in [0.2, 0.25) is 0 Å². The Bertz CT molecular complexity index is 1600. The van der Waals surface area contributed by atoms with Crippen LogP contribution in [0.5, 0.6) is 0 Å². The van der Waals surface area contributed by atoms with Crippen molar-refractivity contribution in [2.45, 2.75) is 37.4 Å². The van der Waals surface area contributed by atoms with E-state index < -0.39 is 18.1 Å². The Morgan fingerprint density at radius 1 is 0.951 bits per heavy atom. The number of aliphatic imine (C=N–C) groups is 1. The number of carbonyl (C=O) groups excluding carboxylic acids is 1. The number of rotatable bonds is 6. The third kappa shape index (κ3) is 4.99. The van der Waals surface area contributed by atoms with Crippen molar-refractivity contribution in [1.82, 2.24) is 20.0 Å². The molecule has 1 saturated carbocycles. The van der Waals surface area contributed by atoms with Crippen molar-refractivity contribution in [2.24, 2.45) is 4.99 Å². The molecule has 7 rings (SSSR count). The van der Waals surface area contributed by atoms with Gasteiger partial charge < -0.3 is 19.4 Å². The number of fused-ring (bicyclic) bond motifs is 1. The van der Waals surface area contributed by atoms with Gasteiger partial charge in [-0.2, -0.15) is 5.10 Å². The van der Waals surface area contributed by atoms with E-state index in [4.69, 9.17) is 14.1 Å². The predicted molar refractivity (Wildman–Crippen MR) is 146 cm³/mol. The molecule has 210 valence electrons. The second-order valence-corrected chi connectivity index (χ2v) is 10.5. The van der Waals surface area contributed by atoms with Gasteiger partial charge >= 0.3 is 6.01 Å². The molecule has 0 unspecified atom stereocenters. The fraction of sp³-hybridized carbons (Fsp3) is 0.345. The van der Waals surface area contributed by atoms with Gasteiger partial charge in [0.05, 0.1) is 25.0 Å². The van der Waals surface area contributed by atoms with Gasteiger partial charge in [-0.05, 0) is 5.56 Å². The maximum absolute atomic E-state index is 13.6. The summed E-state index contributed by atoms with van der Waals surface area (Å²) in [6.45, 7) is 2.24. The lowest BCUT2D eigenvalue weighted by Gasteiger charge is -2.35. The molecule has 2 aromatic heterocycles. The molecule has 0 spiro atoms. The molecule has 1 atom stereocenters. The van der Waals surface area contributed by atoms with E-state index in [0.717, 1.165) is 16.7 Å². The average Bonchev–Trinajstić information content (AvgIpc) is 3.59. The van der Waals surface area contributed by atoms with E-state index in [-0.39, 0.29) is 37.0 Å². The van der Waals surface area contributed by atoms with Crippen LogP contribution >= 0.6 is 0 Å². The number of Topliss-reactive ketones (excluding diaryl/α,β-unsaturated/α-hetero) is 1. The van der Waals surface area contributed by atoms with Crippen molar-refractivity contribution in [3.8, 4) is 11.5 Å². The lowest BCUT2D eigenvalue weighted by atomic mass is 9.88. The Morgan fingerprint density at radius 3 is 2.49 bits per heavy atom. The van der Waals surface area contributed by atoms with E-state index in [2.05, 4.69) is 20.6 Å². The molecule has 0 radical (unpaired) electrons. The lowest BCUT2D eigenvalue weighted by Crippen LogP contribution is -2.38. The van der Waals surface area contributed by atoms with Crippen molar-refractivity contribution in [3.05, 3.63) is 77.5 Å². The van der Waals surface area contributed by atoms with Gasteiger partial charge in [0.25, 0.3) is 11.8 Å². The molecule has 4 aromatic rings. The summed E-state index contributed by atoms with van der Waals surface area (Å²) in [7, 11) is 0. The first kappa shape index (κ1) is 25.5. The summed E-state index contributed by atoms with van der Waals surface area (Å²) in [5.41, 5.74) is 3.90. The smallest absolute Gasteiger partial charge is 0.317 e. The molecule has 4 heterocycles.